The van der Waals surface area contributed by atoms with Crippen molar-refractivity contribution in [3.63, 3.8) is 0 Å². The van der Waals surface area contributed by atoms with Crippen LogP contribution in [0.3, 0.4) is 0 Å². The van der Waals surface area contributed by atoms with Crippen LogP contribution in [0.4, 0.5) is 0 Å². The Kier molecular flexibility index (Phi) is 4.18. The monoisotopic (exact) mass is 366 g/mol. The molecule has 1 saturated heterocycles. The van der Waals surface area contributed by atoms with E-state index in [2.05, 4.69) is 58.9 Å². The number of halogens is 2. The molecule has 1 aliphatic rings. The van der Waals surface area contributed by atoms with E-state index in [1.165, 1.54) is 26.1 Å². The maximum Gasteiger partial charge on any atom is 0.0327 e. The molecular weight excluding hydrogens is 354 g/mol. The van der Waals surface area contributed by atoms with Gasteiger partial charge >= 0.3 is 0 Å². The third-order valence-electron chi connectivity index (χ3n) is 1.83. The van der Waals surface area contributed by atoms with E-state index < -0.39 is 0 Å². The molecule has 0 saturated carbocycles. The SMILES string of the molecule is CC[C@@H]1CN(I)CCN1I. The highest BCUT2D eigenvalue weighted by molar-refractivity contribution is 14.1. The van der Waals surface area contributed by atoms with E-state index in [0.29, 0.717) is 0 Å². The number of hydrogen-bond donors (Lipinski definition) is 0. The summed E-state index contributed by atoms with van der Waals surface area (Å²) in [5.74, 6) is 0. The molecule has 0 N–H and O–H groups in total. The van der Waals surface area contributed by atoms with E-state index >= 15 is 0 Å². The molecule has 1 heterocycles. The minimum Gasteiger partial charge on any atom is -0.245 e. The van der Waals surface area contributed by atoms with Crippen LogP contribution in [0.5, 0.6) is 0 Å². The van der Waals surface area contributed by atoms with Crippen molar-refractivity contribution in [3.05, 3.63) is 0 Å². The van der Waals surface area contributed by atoms with Gasteiger partial charge in [-0.15, -0.1) is 0 Å². The van der Waals surface area contributed by atoms with E-state index in [1.807, 2.05) is 0 Å². The van der Waals surface area contributed by atoms with Gasteiger partial charge in [-0.1, -0.05) is 6.92 Å². The smallest absolute Gasteiger partial charge is 0.0327 e. The summed E-state index contributed by atoms with van der Waals surface area (Å²) in [6, 6.07) is 0.770. The molecule has 0 bridgehead atoms. The van der Waals surface area contributed by atoms with Crippen molar-refractivity contribution >= 4 is 45.7 Å². The van der Waals surface area contributed by atoms with E-state index in [9.17, 15) is 0 Å². The van der Waals surface area contributed by atoms with Gasteiger partial charge in [0.25, 0.3) is 0 Å². The largest absolute Gasteiger partial charge is 0.245 e. The molecule has 0 aliphatic carbocycles. The second-order valence-corrected chi connectivity index (χ2v) is 5.16. The van der Waals surface area contributed by atoms with Crippen LogP contribution in [0.1, 0.15) is 13.3 Å². The molecule has 0 unspecified atom stereocenters. The van der Waals surface area contributed by atoms with Crippen LogP contribution in [0.25, 0.3) is 0 Å². The first-order chi connectivity index (χ1) is 4.74. The second-order valence-electron chi connectivity index (χ2n) is 2.55. The fourth-order valence-electron chi connectivity index (χ4n) is 1.12. The number of rotatable bonds is 1. The zero-order valence-electron chi connectivity index (χ0n) is 6.06. The van der Waals surface area contributed by atoms with E-state index in [1.54, 1.807) is 0 Å². The summed E-state index contributed by atoms with van der Waals surface area (Å²) in [6.07, 6.45) is 1.27. The maximum absolute atomic E-state index is 2.43. The molecule has 0 amide bonds. The maximum atomic E-state index is 2.43. The average molecular weight is 366 g/mol. The Morgan fingerprint density at radius 1 is 1.40 bits per heavy atom. The van der Waals surface area contributed by atoms with Gasteiger partial charge in [-0.3, -0.25) is 0 Å². The molecule has 0 aromatic carbocycles. The lowest BCUT2D eigenvalue weighted by atomic mass is 10.2. The van der Waals surface area contributed by atoms with Crippen molar-refractivity contribution in [2.75, 3.05) is 19.6 Å². The van der Waals surface area contributed by atoms with Crippen LogP contribution in [0.2, 0.25) is 0 Å². The van der Waals surface area contributed by atoms with Gasteiger partial charge in [-0.25, -0.2) is 6.23 Å². The summed E-state index contributed by atoms with van der Waals surface area (Å²) in [6.45, 7) is 5.90. The van der Waals surface area contributed by atoms with Gasteiger partial charge in [-0.2, -0.15) is 0 Å². The van der Waals surface area contributed by atoms with Crippen molar-refractivity contribution in [2.45, 2.75) is 19.4 Å². The molecule has 0 radical (unpaired) electrons. The topological polar surface area (TPSA) is 6.48 Å². The molecular formula is C6H12I2N2. The molecule has 0 aromatic rings. The van der Waals surface area contributed by atoms with E-state index in [-0.39, 0.29) is 0 Å². The number of piperazine rings is 1. The molecule has 0 aromatic heterocycles. The molecule has 60 valence electrons. The highest BCUT2D eigenvalue weighted by atomic mass is 127. The average Bonchev–Trinajstić information content (AvgIpc) is 1.94. The molecule has 10 heavy (non-hydrogen) atoms. The summed E-state index contributed by atoms with van der Waals surface area (Å²) in [7, 11) is 0. The van der Waals surface area contributed by atoms with Crippen molar-refractivity contribution in [1.29, 1.82) is 0 Å². The summed E-state index contributed by atoms with van der Waals surface area (Å²) in [5, 5.41) is 0. The lowest BCUT2D eigenvalue weighted by Crippen LogP contribution is -2.44. The normalized spacial score (nSPS) is 30.9. The Labute approximate surface area is 90.3 Å². The van der Waals surface area contributed by atoms with Gasteiger partial charge in [0, 0.05) is 71.4 Å². The summed E-state index contributed by atoms with van der Waals surface area (Å²) in [5.41, 5.74) is 0. The Morgan fingerprint density at radius 2 is 2.10 bits per heavy atom. The molecule has 1 aliphatic heterocycles. The first-order valence-electron chi connectivity index (χ1n) is 3.57. The van der Waals surface area contributed by atoms with Crippen LogP contribution in [0.15, 0.2) is 0 Å². The Hall–Kier alpha value is 1.38. The van der Waals surface area contributed by atoms with E-state index in [4.69, 9.17) is 0 Å². The van der Waals surface area contributed by atoms with Crippen molar-refractivity contribution in [2.24, 2.45) is 0 Å². The molecule has 1 fully saturated rings. The predicted molar refractivity (Wildman–Crippen MR) is 60.4 cm³/mol. The lowest BCUT2D eigenvalue weighted by molar-refractivity contribution is 0.253. The lowest BCUT2D eigenvalue weighted by Gasteiger charge is -2.34. The summed E-state index contributed by atoms with van der Waals surface area (Å²) in [4.78, 5) is 0. The highest BCUT2D eigenvalue weighted by Gasteiger charge is 2.21. The standard InChI is InChI=1S/C6H12I2N2/c1-2-6-5-9(7)3-4-10(6)8/h6H,2-5H2,1H3/t6-/m1/s1. The summed E-state index contributed by atoms with van der Waals surface area (Å²) >= 11 is 4.84. The number of hydrogen-bond acceptors (Lipinski definition) is 2. The van der Waals surface area contributed by atoms with Crippen LogP contribution < -0.4 is 0 Å². The predicted octanol–water partition coefficient (Wildman–Crippen LogP) is 2.08. The Balaban J connectivity index is 2.38. The van der Waals surface area contributed by atoms with Crippen LogP contribution in [-0.2, 0) is 0 Å². The van der Waals surface area contributed by atoms with E-state index in [0.717, 1.165) is 6.04 Å². The van der Waals surface area contributed by atoms with Gasteiger partial charge in [0.2, 0.25) is 0 Å². The fourth-order valence-corrected chi connectivity index (χ4v) is 2.58. The first-order valence-corrected chi connectivity index (χ1v) is 5.50. The quantitative estimate of drug-likeness (QED) is 0.518. The van der Waals surface area contributed by atoms with Gasteiger partial charge in [0.15, 0.2) is 0 Å². The Morgan fingerprint density at radius 3 is 2.60 bits per heavy atom. The molecule has 1 atom stereocenters. The summed E-state index contributed by atoms with van der Waals surface area (Å²) < 4.78 is 4.80. The fraction of sp³-hybridized carbons (Fsp3) is 1.00. The van der Waals surface area contributed by atoms with Gasteiger partial charge in [-0.05, 0) is 6.42 Å². The van der Waals surface area contributed by atoms with Gasteiger partial charge < -0.3 is 0 Å². The minimum absolute atomic E-state index is 0.770. The second kappa shape index (κ2) is 4.42. The molecule has 1 rings (SSSR count). The zero-order valence-corrected chi connectivity index (χ0v) is 10.4. The van der Waals surface area contributed by atoms with Crippen LogP contribution >= 0.6 is 45.7 Å². The zero-order chi connectivity index (χ0) is 7.56. The minimum atomic E-state index is 0.770. The van der Waals surface area contributed by atoms with Gasteiger partial charge in [0.1, 0.15) is 0 Å². The molecule has 0 spiro atoms. The highest BCUT2D eigenvalue weighted by Crippen LogP contribution is 2.18. The number of nitrogens with zero attached hydrogens (tertiary/aromatic N) is 2. The van der Waals surface area contributed by atoms with Crippen molar-refractivity contribution in [3.8, 4) is 0 Å². The third-order valence-corrected chi connectivity index (χ3v) is 3.98. The van der Waals surface area contributed by atoms with Crippen molar-refractivity contribution < 1.29 is 0 Å². The van der Waals surface area contributed by atoms with Crippen molar-refractivity contribution in [1.82, 2.24) is 6.23 Å². The van der Waals surface area contributed by atoms with Crippen LogP contribution in [0, 0.1) is 0 Å². The third kappa shape index (κ3) is 2.46. The molecule has 4 heteroatoms. The Bertz CT molecular complexity index is 110. The van der Waals surface area contributed by atoms with Gasteiger partial charge in [0.05, 0.1) is 0 Å². The van der Waals surface area contributed by atoms with Crippen LogP contribution in [-0.4, -0.2) is 31.9 Å². The first kappa shape index (κ1) is 9.47. The molecule has 2 nitrogen and oxygen atoms in total.